The SMILES string of the molecule is CC1=C[C@@H]2C[C@H]1[C@@H]1C(=O)N(c3ccc(C)c([N+](=O)[O-])c3)C(=O)[C@@H]12. The third kappa shape index (κ3) is 1.75. The summed E-state index contributed by atoms with van der Waals surface area (Å²) in [6.07, 6.45) is 2.98. The predicted molar refractivity (Wildman–Crippen MR) is 82.7 cm³/mol. The van der Waals surface area contributed by atoms with E-state index in [-0.39, 0.29) is 41.2 Å². The standard InChI is InChI=1S/C17H16N2O4/c1-8-3-4-11(7-13(8)19(22)23)18-16(20)14-10-5-9(2)12(6-10)15(14)17(18)21/h3-5,7,10,12,14-15H,6H2,1-2H3/t10-,12-,14-,15+/m1/s1. The molecular weight excluding hydrogens is 296 g/mol. The molecule has 2 aliphatic carbocycles. The fourth-order valence-electron chi connectivity index (χ4n) is 4.46. The first-order chi connectivity index (χ1) is 10.9. The number of amides is 2. The summed E-state index contributed by atoms with van der Waals surface area (Å²) in [5.41, 5.74) is 1.94. The summed E-state index contributed by atoms with van der Waals surface area (Å²) in [6.45, 7) is 3.65. The Hall–Kier alpha value is -2.50. The van der Waals surface area contributed by atoms with Crippen molar-refractivity contribution >= 4 is 23.2 Å². The topological polar surface area (TPSA) is 80.5 Å². The number of nitrogens with zero attached hydrogens (tertiary/aromatic N) is 2. The van der Waals surface area contributed by atoms with Crippen molar-refractivity contribution in [3.05, 3.63) is 45.5 Å². The molecule has 23 heavy (non-hydrogen) atoms. The second-order valence-electron chi connectivity index (χ2n) is 6.71. The summed E-state index contributed by atoms with van der Waals surface area (Å²) in [6, 6.07) is 4.52. The lowest BCUT2D eigenvalue weighted by Crippen LogP contribution is -2.33. The molecule has 1 aromatic rings. The average molecular weight is 312 g/mol. The van der Waals surface area contributed by atoms with Gasteiger partial charge in [-0.1, -0.05) is 17.7 Å². The molecule has 6 nitrogen and oxygen atoms in total. The molecule has 2 bridgehead atoms. The van der Waals surface area contributed by atoms with Crippen LogP contribution in [0.4, 0.5) is 11.4 Å². The Balaban J connectivity index is 1.75. The smallest absolute Gasteiger partial charge is 0.274 e. The monoisotopic (exact) mass is 312 g/mol. The second-order valence-corrected chi connectivity index (χ2v) is 6.71. The lowest BCUT2D eigenvalue weighted by Gasteiger charge is -2.19. The van der Waals surface area contributed by atoms with Crippen LogP contribution >= 0.6 is 0 Å². The molecule has 2 fully saturated rings. The Morgan fingerprint density at radius 3 is 2.57 bits per heavy atom. The van der Waals surface area contributed by atoms with E-state index in [9.17, 15) is 19.7 Å². The van der Waals surface area contributed by atoms with Crippen LogP contribution in [0.1, 0.15) is 18.9 Å². The minimum atomic E-state index is -0.486. The number of nitro groups is 1. The van der Waals surface area contributed by atoms with Crippen LogP contribution in [0, 0.1) is 40.7 Å². The van der Waals surface area contributed by atoms with Crippen molar-refractivity contribution in [2.24, 2.45) is 23.7 Å². The normalized spacial score (nSPS) is 31.6. The maximum Gasteiger partial charge on any atom is 0.274 e. The number of carbonyl (C=O) groups excluding carboxylic acids is 2. The van der Waals surface area contributed by atoms with E-state index in [2.05, 4.69) is 6.08 Å². The number of rotatable bonds is 2. The van der Waals surface area contributed by atoms with Crippen LogP contribution in [0.15, 0.2) is 29.8 Å². The lowest BCUT2D eigenvalue weighted by atomic mass is 9.82. The van der Waals surface area contributed by atoms with Gasteiger partial charge >= 0.3 is 0 Å². The fraction of sp³-hybridized carbons (Fsp3) is 0.412. The van der Waals surface area contributed by atoms with Crippen molar-refractivity contribution < 1.29 is 14.5 Å². The molecule has 0 radical (unpaired) electrons. The van der Waals surface area contributed by atoms with Gasteiger partial charge in [-0.3, -0.25) is 19.7 Å². The van der Waals surface area contributed by atoms with Crippen LogP contribution in [0.3, 0.4) is 0 Å². The largest absolute Gasteiger partial charge is 0.274 e. The number of nitro benzene ring substituents is 1. The summed E-state index contributed by atoms with van der Waals surface area (Å²) >= 11 is 0. The van der Waals surface area contributed by atoms with Crippen LogP contribution in [-0.4, -0.2) is 16.7 Å². The molecule has 1 aliphatic heterocycles. The number of hydrogen-bond acceptors (Lipinski definition) is 4. The first-order valence-corrected chi connectivity index (χ1v) is 7.71. The van der Waals surface area contributed by atoms with Crippen LogP contribution in [0.25, 0.3) is 0 Å². The van der Waals surface area contributed by atoms with Crippen LogP contribution in [-0.2, 0) is 9.59 Å². The van der Waals surface area contributed by atoms with E-state index in [1.54, 1.807) is 19.1 Å². The van der Waals surface area contributed by atoms with E-state index in [4.69, 9.17) is 0 Å². The summed E-state index contributed by atoms with van der Waals surface area (Å²) in [4.78, 5) is 37.4. The number of fused-ring (bicyclic) bond motifs is 5. The van der Waals surface area contributed by atoms with Gasteiger partial charge in [0.15, 0.2) is 0 Å². The molecule has 4 rings (SSSR count). The minimum Gasteiger partial charge on any atom is -0.274 e. The minimum absolute atomic E-state index is 0.0718. The molecule has 1 saturated heterocycles. The van der Waals surface area contributed by atoms with E-state index in [1.165, 1.54) is 11.6 Å². The van der Waals surface area contributed by atoms with Crippen LogP contribution < -0.4 is 4.90 Å². The highest BCUT2D eigenvalue weighted by Gasteiger charge is 2.61. The van der Waals surface area contributed by atoms with Gasteiger partial charge in [-0.25, -0.2) is 4.90 Å². The van der Waals surface area contributed by atoms with Gasteiger partial charge in [0.05, 0.1) is 22.4 Å². The maximum atomic E-state index is 12.8. The molecule has 0 unspecified atom stereocenters. The van der Waals surface area contributed by atoms with Crippen LogP contribution in [0.5, 0.6) is 0 Å². The quantitative estimate of drug-likeness (QED) is 0.364. The third-order valence-corrected chi connectivity index (χ3v) is 5.53. The van der Waals surface area contributed by atoms with Crippen molar-refractivity contribution in [1.29, 1.82) is 0 Å². The number of aryl methyl sites for hydroxylation is 1. The zero-order valence-electron chi connectivity index (χ0n) is 12.9. The third-order valence-electron chi connectivity index (χ3n) is 5.53. The van der Waals surface area contributed by atoms with Crippen molar-refractivity contribution in [2.45, 2.75) is 20.3 Å². The van der Waals surface area contributed by atoms with Crippen molar-refractivity contribution in [1.82, 2.24) is 0 Å². The molecule has 6 heteroatoms. The van der Waals surface area contributed by atoms with Gasteiger partial charge in [0.25, 0.3) is 5.69 Å². The Bertz CT molecular complexity index is 798. The van der Waals surface area contributed by atoms with Gasteiger partial charge in [-0.05, 0) is 38.2 Å². The Morgan fingerprint density at radius 1 is 1.17 bits per heavy atom. The molecule has 2 amide bonds. The first kappa shape index (κ1) is 14.1. The summed E-state index contributed by atoms with van der Waals surface area (Å²) in [5.74, 6) is -0.735. The van der Waals surface area contributed by atoms with Gasteiger partial charge in [0.2, 0.25) is 11.8 Å². The molecule has 0 aromatic heterocycles. The summed E-state index contributed by atoms with van der Waals surface area (Å²) < 4.78 is 0. The van der Waals surface area contributed by atoms with Gasteiger partial charge in [0, 0.05) is 11.6 Å². The van der Waals surface area contributed by atoms with Crippen molar-refractivity contribution in [3.8, 4) is 0 Å². The molecule has 0 N–H and O–H groups in total. The molecular formula is C17H16N2O4. The van der Waals surface area contributed by atoms with Crippen molar-refractivity contribution in [2.75, 3.05) is 4.90 Å². The molecule has 1 aromatic carbocycles. The number of hydrogen-bond donors (Lipinski definition) is 0. The Morgan fingerprint density at radius 2 is 1.87 bits per heavy atom. The van der Waals surface area contributed by atoms with E-state index in [1.807, 2.05) is 6.92 Å². The number of imide groups is 1. The van der Waals surface area contributed by atoms with E-state index < -0.39 is 4.92 Å². The van der Waals surface area contributed by atoms with Gasteiger partial charge in [0.1, 0.15) is 0 Å². The molecule has 0 spiro atoms. The molecule has 1 heterocycles. The highest BCUT2D eigenvalue weighted by molar-refractivity contribution is 6.23. The Kier molecular flexibility index (Phi) is 2.76. The van der Waals surface area contributed by atoms with Crippen molar-refractivity contribution in [3.63, 3.8) is 0 Å². The van der Waals surface area contributed by atoms with E-state index >= 15 is 0 Å². The van der Waals surface area contributed by atoms with Gasteiger partial charge in [-0.2, -0.15) is 0 Å². The molecule has 4 atom stereocenters. The van der Waals surface area contributed by atoms with Crippen LogP contribution in [0.2, 0.25) is 0 Å². The maximum absolute atomic E-state index is 12.8. The summed E-state index contributed by atoms with van der Waals surface area (Å²) in [7, 11) is 0. The number of carbonyl (C=O) groups is 2. The molecule has 1 saturated carbocycles. The number of benzene rings is 1. The van der Waals surface area contributed by atoms with E-state index in [0.29, 0.717) is 11.3 Å². The number of anilines is 1. The Labute approximate surface area is 132 Å². The summed E-state index contributed by atoms with van der Waals surface area (Å²) in [5, 5.41) is 11.1. The lowest BCUT2D eigenvalue weighted by molar-refractivity contribution is -0.385. The molecule has 118 valence electrons. The number of allylic oxidation sites excluding steroid dienone is 2. The zero-order chi connectivity index (χ0) is 16.5. The predicted octanol–water partition coefficient (Wildman–Crippen LogP) is 2.60. The fourth-order valence-corrected chi connectivity index (χ4v) is 4.46. The van der Waals surface area contributed by atoms with Gasteiger partial charge < -0.3 is 0 Å². The van der Waals surface area contributed by atoms with E-state index in [0.717, 1.165) is 11.3 Å². The first-order valence-electron chi connectivity index (χ1n) is 7.71. The highest BCUT2D eigenvalue weighted by atomic mass is 16.6. The zero-order valence-corrected chi connectivity index (χ0v) is 12.9. The second kappa shape index (κ2) is 4.50. The van der Waals surface area contributed by atoms with Gasteiger partial charge in [-0.15, -0.1) is 0 Å². The average Bonchev–Trinajstić information content (AvgIpc) is 3.11. The molecule has 3 aliphatic rings. The highest BCUT2D eigenvalue weighted by Crippen LogP contribution is 2.56.